The molecule has 2 aromatic carbocycles. The Bertz CT molecular complexity index is 739. The van der Waals surface area contributed by atoms with Crippen molar-refractivity contribution >= 4 is 35.6 Å². The van der Waals surface area contributed by atoms with E-state index in [1.165, 1.54) is 19.8 Å². The maximum absolute atomic E-state index is 9.94. The number of ether oxygens (including phenoxy) is 2. The van der Waals surface area contributed by atoms with Crippen LogP contribution in [-0.4, -0.2) is 25.3 Å². The van der Waals surface area contributed by atoms with Gasteiger partial charge in [-0.3, -0.25) is 0 Å². The first-order valence-corrected chi connectivity index (χ1v) is 8.59. The number of aliphatic imine (C=N–C) groups is 1. The van der Waals surface area contributed by atoms with Crippen LogP contribution < -0.4 is 20.5 Å². The minimum absolute atomic E-state index is 0. The van der Waals surface area contributed by atoms with Gasteiger partial charge in [0.15, 0.2) is 17.5 Å². The molecule has 0 aliphatic carbocycles. The van der Waals surface area contributed by atoms with E-state index in [0.717, 1.165) is 17.7 Å². The van der Waals surface area contributed by atoms with E-state index in [4.69, 9.17) is 15.2 Å². The molecule has 0 radical (unpaired) electrons. The SMILES string of the molecule is CCC(C)c1ccc(NC(N)=NCc2cc(OC)c(O)c(OC)c2)cc1.I. The number of phenols is 1. The van der Waals surface area contributed by atoms with Crippen LogP contribution in [-0.2, 0) is 6.54 Å². The number of anilines is 1. The summed E-state index contributed by atoms with van der Waals surface area (Å²) in [5.74, 6) is 1.49. The van der Waals surface area contributed by atoms with Crippen LogP contribution in [0.15, 0.2) is 41.4 Å². The van der Waals surface area contributed by atoms with Gasteiger partial charge in [-0.2, -0.15) is 0 Å². The quantitative estimate of drug-likeness (QED) is 0.306. The second-order valence-corrected chi connectivity index (χ2v) is 6.11. The molecule has 0 saturated heterocycles. The second kappa shape index (κ2) is 10.9. The number of nitrogens with one attached hydrogen (secondary N) is 1. The zero-order chi connectivity index (χ0) is 19.1. The Labute approximate surface area is 177 Å². The van der Waals surface area contributed by atoms with Crippen molar-refractivity contribution in [3.05, 3.63) is 47.5 Å². The summed E-state index contributed by atoms with van der Waals surface area (Å²) in [5.41, 5.74) is 8.98. The Morgan fingerprint density at radius 3 is 2.19 bits per heavy atom. The van der Waals surface area contributed by atoms with Crippen LogP contribution in [0.1, 0.15) is 37.3 Å². The lowest BCUT2D eigenvalue weighted by molar-refractivity contribution is 0.339. The molecule has 1 unspecified atom stereocenters. The number of nitrogens with two attached hydrogens (primary N) is 1. The predicted octanol–water partition coefficient (Wildman–Crippen LogP) is 4.47. The van der Waals surface area contributed by atoms with Gasteiger partial charge in [0.25, 0.3) is 0 Å². The molecule has 2 aromatic rings. The van der Waals surface area contributed by atoms with Crippen LogP contribution in [0, 0.1) is 0 Å². The molecule has 148 valence electrons. The number of hydrogen-bond donors (Lipinski definition) is 3. The van der Waals surface area contributed by atoms with Gasteiger partial charge in [0.1, 0.15) is 0 Å². The molecule has 0 aliphatic rings. The average molecular weight is 485 g/mol. The van der Waals surface area contributed by atoms with E-state index < -0.39 is 0 Å². The summed E-state index contributed by atoms with van der Waals surface area (Å²) < 4.78 is 10.3. The molecule has 0 fully saturated rings. The van der Waals surface area contributed by atoms with Gasteiger partial charge < -0.3 is 25.6 Å². The molecule has 0 spiro atoms. The Hall–Kier alpha value is -2.16. The lowest BCUT2D eigenvalue weighted by Crippen LogP contribution is -2.22. The largest absolute Gasteiger partial charge is 0.502 e. The number of halogens is 1. The number of hydrogen-bond acceptors (Lipinski definition) is 4. The third kappa shape index (κ3) is 6.20. The molecule has 1 atom stereocenters. The average Bonchev–Trinajstić information content (AvgIpc) is 2.67. The summed E-state index contributed by atoms with van der Waals surface area (Å²) in [6.07, 6.45) is 1.11. The van der Waals surface area contributed by atoms with E-state index in [-0.39, 0.29) is 29.7 Å². The highest BCUT2D eigenvalue weighted by Crippen LogP contribution is 2.37. The number of guanidine groups is 1. The van der Waals surface area contributed by atoms with Gasteiger partial charge in [-0.25, -0.2) is 4.99 Å². The Balaban J connectivity index is 0.00000364. The van der Waals surface area contributed by atoms with E-state index >= 15 is 0 Å². The Morgan fingerprint density at radius 1 is 1.15 bits per heavy atom. The van der Waals surface area contributed by atoms with Crippen molar-refractivity contribution in [2.45, 2.75) is 32.7 Å². The molecule has 0 aromatic heterocycles. The number of nitrogens with zero attached hydrogens (tertiary/aromatic N) is 1. The summed E-state index contributed by atoms with van der Waals surface area (Å²) in [6.45, 7) is 4.71. The molecule has 0 saturated carbocycles. The summed E-state index contributed by atoms with van der Waals surface area (Å²) in [4.78, 5) is 4.33. The van der Waals surface area contributed by atoms with E-state index in [9.17, 15) is 5.11 Å². The summed E-state index contributed by atoms with van der Waals surface area (Å²) in [6, 6.07) is 11.6. The van der Waals surface area contributed by atoms with Gasteiger partial charge in [-0.05, 0) is 47.7 Å². The molecule has 0 bridgehead atoms. The van der Waals surface area contributed by atoms with Gasteiger partial charge in [0, 0.05) is 5.69 Å². The van der Waals surface area contributed by atoms with Crippen molar-refractivity contribution in [2.75, 3.05) is 19.5 Å². The number of benzene rings is 2. The van der Waals surface area contributed by atoms with Gasteiger partial charge >= 0.3 is 0 Å². The fraction of sp³-hybridized carbons (Fsp3) is 0.350. The molecular formula is C20H28IN3O3. The minimum atomic E-state index is -0.0322. The maximum atomic E-state index is 9.94. The Morgan fingerprint density at radius 2 is 1.70 bits per heavy atom. The first-order valence-electron chi connectivity index (χ1n) is 8.59. The van der Waals surface area contributed by atoms with E-state index in [0.29, 0.717) is 29.9 Å². The molecule has 7 heteroatoms. The van der Waals surface area contributed by atoms with Crippen LogP contribution in [0.25, 0.3) is 0 Å². The van der Waals surface area contributed by atoms with Crippen LogP contribution in [0.5, 0.6) is 17.2 Å². The van der Waals surface area contributed by atoms with E-state index in [1.54, 1.807) is 12.1 Å². The molecule has 0 heterocycles. The molecule has 4 N–H and O–H groups in total. The molecule has 6 nitrogen and oxygen atoms in total. The van der Waals surface area contributed by atoms with Crippen LogP contribution >= 0.6 is 24.0 Å². The molecule has 27 heavy (non-hydrogen) atoms. The fourth-order valence-corrected chi connectivity index (χ4v) is 2.53. The summed E-state index contributed by atoms with van der Waals surface area (Å²) >= 11 is 0. The summed E-state index contributed by atoms with van der Waals surface area (Å²) in [7, 11) is 2.97. The predicted molar refractivity (Wildman–Crippen MR) is 121 cm³/mol. The van der Waals surface area contributed by atoms with E-state index in [2.05, 4.69) is 36.3 Å². The number of methoxy groups -OCH3 is 2. The van der Waals surface area contributed by atoms with Crippen LogP contribution in [0.2, 0.25) is 0 Å². The highest BCUT2D eigenvalue weighted by molar-refractivity contribution is 14.0. The lowest BCUT2D eigenvalue weighted by Gasteiger charge is -2.12. The fourth-order valence-electron chi connectivity index (χ4n) is 2.53. The third-order valence-electron chi connectivity index (χ3n) is 4.34. The zero-order valence-corrected chi connectivity index (χ0v) is 18.5. The van der Waals surface area contributed by atoms with E-state index in [1.807, 2.05) is 12.1 Å². The highest BCUT2D eigenvalue weighted by Gasteiger charge is 2.11. The molecular weight excluding hydrogens is 457 g/mol. The van der Waals surface area contributed by atoms with Crippen molar-refractivity contribution in [2.24, 2.45) is 10.7 Å². The zero-order valence-electron chi connectivity index (χ0n) is 16.2. The standard InChI is InChI=1S/C20H27N3O3.HI/c1-5-13(2)15-6-8-16(9-7-15)23-20(21)22-12-14-10-17(25-3)19(24)18(11-14)26-4;/h6-11,13,24H,5,12H2,1-4H3,(H3,21,22,23);1H. The minimum Gasteiger partial charge on any atom is -0.502 e. The van der Waals surface area contributed by atoms with Crippen molar-refractivity contribution in [1.29, 1.82) is 0 Å². The van der Waals surface area contributed by atoms with Crippen molar-refractivity contribution in [1.82, 2.24) is 0 Å². The topological polar surface area (TPSA) is 89.1 Å². The number of rotatable bonds is 7. The van der Waals surface area contributed by atoms with Gasteiger partial charge in [-0.15, -0.1) is 24.0 Å². The molecule has 2 rings (SSSR count). The Kier molecular flexibility index (Phi) is 9.20. The molecule has 0 aliphatic heterocycles. The number of aromatic hydroxyl groups is 1. The highest BCUT2D eigenvalue weighted by atomic mass is 127. The van der Waals surface area contributed by atoms with Gasteiger partial charge in [0.2, 0.25) is 5.75 Å². The third-order valence-corrected chi connectivity index (χ3v) is 4.34. The van der Waals surface area contributed by atoms with Crippen molar-refractivity contribution in [3.8, 4) is 17.2 Å². The van der Waals surface area contributed by atoms with Crippen molar-refractivity contribution < 1.29 is 14.6 Å². The first kappa shape index (κ1) is 22.9. The first-order chi connectivity index (χ1) is 12.5. The second-order valence-electron chi connectivity index (χ2n) is 6.11. The van der Waals surface area contributed by atoms with Crippen LogP contribution in [0.3, 0.4) is 0 Å². The summed E-state index contributed by atoms with van der Waals surface area (Å²) in [5, 5.41) is 13.0. The normalized spacial score (nSPS) is 12.1. The lowest BCUT2D eigenvalue weighted by atomic mass is 9.99. The maximum Gasteiger partial charge on any atom is 0.200 e. The number of phenolic OH excluding ortho intramolecular Hbond substituents is 1. The van der Waals surface area contributed by atoms with Gasteiger partial charge in [0.05, 0.1) is 20.8 Å². The molecule has 0 amide bonds. The smallest absolute Gasteiger partial charge is 0.200 e. The van der Waals surface area contributed by atoms with Crippen molar-refractivity contribution in [3.63, 3.8) is 0 Å². The van der Waals surface area contributed by atoms with Gasteiger partial charge in [-0.1, -0.05) is 26.0 Å². The van der Waals surface area contributed by atoms with Crippen LogP contribution in [0.4, 0.5) is 5.69 Å². The monoisotopic (exact) mass is 485 g/mol.